The zero-order chi connectivity index (χ0) is 24.1. The van der Waals surface area contributed by atoms with Gasteiger partial charge in [-0.2, -0.15) is 0 Å². The molecule has 0 spiro atoms. The molecule has 1 amide bonds. The molecule has 4 N–H and O–H groups in total. The Hall–Kier alpha value is -3.92. The van der Waals surface area contributed by atoms with E-state index in [0.717, 1.165) is 33.1 Å². The minimum Gasteiger partial charge on any atom is -0.397 e. The smallest absolute Gasteiger partial charge is 0.250 e. The second kappa shape index (κ2) is 11.5. The fourth-order valence-corrected chi connectivity index (χ4v) is 3.51. The number of alkyl halides is 1. The Balaban J connectivity index is 0.000000179. The molecule has 0 saturated heterocycles. The SMILES string of the molecule is C.CI.NC(=O)c1cccc2nc3ccccc3nc12.Nc1cccc2nc3ccccc3nc12. The first-order chi connectivity index (χ1) is 16.6. The van der Waals surface area contributed by atoms with Crippen molar-refractivity contribution in [2.45, 2.75) is 7.43 Å². The highest BCUT2D eigenvalue weighted by atomic mass is 127. The van der Waals surface area contributed by atoms with Gasteiger partial charge in [0.2, 0.25) is 0 Å². The van der Waals surface area contributed by atoms with Crippen LogP contribution in [0.3, 0.4) is 0 Å². The Morgan fingerprint density at radius 1 is 0.600 bits per heavy atom. The maximum absolute atomic E-state index is 11.3. The van der Waals surface area contributed by atoms with Crippen molar-refractivity contribution >= 4 is 78.3 Å². The molecule has 8 heteroatoms. The van der Waals surface area contributed by atoms with Gasteiger partial charge in [-0.1, -0.05) is 66.4 Å². The third-order valence-corrected chi connectivity index (χ3v) is 5.04. The summed E-state index contributed by atoms with van der Waals surface area (Å²) < 4.78 is 0. The van der Waals surface area contributed by atoms with Crippen LogP contribution in [0.5, 0.6) is 0 Å². The summed E-state index contributed by atoms with van der Waals surface area (Å²) >= 11 is 2.15. The third kappa shape index (κ3) is 5.43. The van der Waals surface area contributed by atoms with E-state index >= 15 is 0 Å². The number of nitrogens with zero attached hydrogens (tertiary/aromatic N) is 4. The fraction of sp³-hybridized carbons (Fsp3) is 0.0741. The van der Waals surface area contributed by atoms with E-state index in [1.807, 2.05) is 77.7 Å². The molecule has 6 aromatic rings. The molecule has 0 aliphatic carbocycles. The normalized spacial score (nSPS) is 10.1. The average molecular weight is 576 g/mol. The van der Waals surface area contributed by atoms with Crippen molar-refractivity contribution in [3.05, 3.63) is 90.5 Å². The number of nitrogens with two attached hydrogens (primary N) is 2. The maximum Gasteiger partial charge on any atom is 0.250 e. The van der Waals surface area contributed by atoms with E-state index in [4.69, 9.17) is 11.5 Å². The van der Waals surface area contributed by atoms with Gasteiger partial charge in [-0.15, -0.1) is 0 Å². The predicted molar refractivity (Wildman–Crippen MR) is 154 cm³/mol. The Labute approximate surface area is 216 Å². The van der Waals surface area contributed by atoms with Crippen LogP contribution in [-0.4, -0.2) is 30.8 Å². The summed E-state index contributed by atoms with van der Waals surface area (Å²) in [5.41, 5.74) is 18.4. The standard InChI is InChI=1S/C13H9N3O.C12H9N3.CH3I.CH4/c14-13(17)8-4-3-7-11-12(8)16-10-6-2-1-5-9(10)15-11;13-8-4-3-7-11-12(8)15-10-6-2-1-5-9(10)14-11;1-2;/h1-7H,(H2,14,17);1-7H,13H2;1H3;1H4. The number of hydrogen-bond acceptors (Lipinski definition) is 6. The molecule has 2 aromatic heterocycles. The second-order valence-electron chi connectivity index (χ2n) is 7.18. The van der Waals surface area contributed by atoms with Gasteiger partial charge in [0.25, 0.3) is 5.91 Å². The minimum atomic E-state index is -0.486. The molecule has 0 aliphatic heterocycles. The summed E-state index contributed by atoms with van der Waals surface area (Å²) in [6.45, 7) is 0. The van der Waals surface area contributed by atoms with E-state index in [1.165, 1.54) is 0 Å². The van der Waals surface area contributed by atoms with Crippen LogP contribution in [0.2, 0.25) is 0 Å². The summed E-state index contributed by atoms with van der Waals surface area (Å²) in [4.78, 5) is 31.1. The summed E-state index contributed by atoms with van der Waals surface area (Å²) in [5.74, 6) is -0.486. The van der Waals surface area contributed by atoms with Crippen molar-refractivity contribution in [1.29, 1.82) is 0 Å². The molecule has 0 radical (unpaired) electrons. The molecule has 2 heterocycles. The van der Waals surface area contributed by atoms with E-state index in [2.05, 4.69) is 42.5 Å². The number of carbonyl (C=O) groups excluding carboxylic acids is 1. The zero-order valence-corrected chi connectivity index (χ0v) is 20.5. The first kappa shape index (κ1) is 25.7. The lowest BCUT2D eigenvalue weighted by Crippen LogP contribution is -2.12. The monoisotopic (exact) mass is 576 g/mol. The number of para-hydroxylation sites is 6. The number of halogens is 1. The predicted octanol–water partition coefficient (Wildman–Crippen LogP) is 5.93. The number of rotatable bonds is 1. The number of benzene rings is 4. The van der Waals surface area contributed by atoms with Gasteiger partial charge < -0.3 is 11.5 Å². The molecule has 0 atom stereocenters. The van der Waals surface area contributed by atoms with Gasteiger partial charge in [-0.25, -0.2) is 19.9 Å². The maximum atomic E-state index is 11.3. The summed E-state index contributed by atoms with van der Waals surface area (Å²) in [7, 11) is 0. The molecule has 0 bridgehead atoms. The molecule has 176 valence electrons. The number of primary amides is 1. The van der Waals surface area contributed by atoms with Crippen molar-refractivity contribution in [3.63, 3.8) is 0 Å². The van der Waals surface area contributed by atoms with E-state index < -0.39 is 5.91 Å². The Morgan fingerprint density at radius 2 is 1.00 bits per heavy atom. The van der Waals surface area contributed by atoms with Gasteiger partial charge in [-0.3, -0.25) is 4.79 Å². The third-order valence-electron chi connectivity index (χ3n) is 5.04. The van der Waals surface area contributed by atoms with Gasteiger partial charge in [-0.05, 0) is 53.5 Å². The van der Waals surface area contributed by atoms with E-state index in [1.54, 1.807) is 12.1 Å². The van der Waals surface area contributed by atoms with Crippen molar-refractivity contribution in [3.8, 4) is 0 Å². The number of anilines is 1. The molecule has 6 rings (SSSR count). The average Bonchev–Trinajstić information content (AvgIpc) is 2.88. The van der Waals surface area contributed by atoms with E-state index in [-0.39, 0.29) is 7.43 Å². The Bertz CT molecular complexity index is 1640. The number of nitrogen functional groups attached to an aromatic ring is 1. The minimum absolute atomic E-state index is 0. The quantitative estimate of drug-likeness (QED) is 0.108. The van der Waals surface area contributed by atoms with E-state index in [0.29, 0.717) is 22.3 Å². The molecule has 35 heavy (non-hydrogen) atoms. The highest BCUT2D eigenvalue weighted by Gasteiger charge is 2.09. The topological polar surface area (TPSA) is 121 Å². The van der Waals surface area contributed by atoms with Crippen LogP contribution >= 0.6 is 22.6 Å². The summed E-state index contributed by atoms with van der Waals surface area (Å²) in [6, 6.07) is 26.2. The molecule has 0 saturated carbocycles. The first-order valence-electron chi connectivity index (χ1n) is 10.3. The number of fused-ring (bicyclic) bond motifs is 4. The molecule has 0 unspecified atom stereocenters. The van der Waals surface area contributed by atoms with Crippen LogP contribution in [0, 0.1) is 0 Å². The molecule has 0 aliphatic rings. The van der Waals surface area contributed by atoms with Crippen LogP contribution in [0.25, 0.3) is 44.1 Å². The molecule has 7 nitrogen and oxygen atoms in total. The molecular weight excluding hydrogens is 551 g/mol. The zero-order valence-electron chi connectivity index (χ0n) is 18.3. The summed E-state index contributed by atoms with van der Waals surface area (Å²) in [5, 5.41) is 0. The summed E-state index contributed by atoms with van der Waals surface area (Å²) in [6.07, 6.45) is 0. The van der Waals surface area contributed by atoms with Crippen molar-refractivity contribution in [1.82, 2.24) is 19.9 Å². The van der Waals surface area contributed by atoms with Crippen LogP contribution in [0.1, 0.15) is 17.8 Å². The lowest BCUT2D eigenvalue weighted by Gasteiger charge is -2.03. The number of aromatic nitrogens is 4. The van der Waals surface area contributed by atoms with Crippen LogP contribution < -0.4 is 11.5 Å². The van der Waals surface area contributed by atoms with Crippen LogP contribution in [0.15, 0.2) is 84.9 Å². The Morgan fingerprint density at radius 3 is 1.51 bits per heavy atom. The fourth-order valence-electron chi connectivity index (χ4n) is 3.51. The van der Waals surface area contributed by atoms with Crippen LogP contribution in [0.4, 0.5) is 5.69 Å². The number of hydrogen-bond donors (Lipinski definition) is 2. The lowest BCUT2D eigenvalue weighted by molar-refractivity contribution is 0.100. The van der Waals surface area contributed by atoms with Crippen molar-refractivity contribution in [2.75, 3.05) is 10.7 Å². The number of carbonyl (C=O) groups is 1. The van der Waals surface area contributed by atoms with Gasteiger partial charge in [0.1, 0.15) is 11.0 Å². The van der Waals surface area contributed by atoms with Gasteiger partial charge in [0, 0.05) is 0 Å². The highest BCUT2D eigenvalue weighted by Crippen LogP contribution is 2.20. The number of amides is 1. The van der Waals surface area contributed by atoms with E-state index in [9.17, 15) is 4.79 Å². The molecule has 0 fully saturated rings. The van der Waals surface area contributed by atoms with Crippen molar-refractivity contribution < 1.29 is 4.79 Å². The van der Waals surface area contributed by atoms with Crippen molar-refractivity contribution in [2.24, 2.45) is 5.73 Å². The van der Waals surface area contributed by atoms with Crippen LogP contribution in [-0.2, 0) is 0 Å². The van der Waals surface area contributed by atoms with Gasteiger partial charge >= 0.3 is 0 Å². The second-order valence-corrected chi connectivity index (χ2v) is 7.18. The Kier molecular flexibility index (Phi) is 8.43. The lowest BCUT2D eigenvalue weighted by atomic mass is 10.1. The molecule has 4 aromatic carbocycles. The highest BCUT2D eigenvalue weighted by molar-refractivity contribution is 14.1. The molecular formula is C27H25IN6O. The first-order valence-corrected chi connectivity index (χ1v) is 12.5. The largest absolute Gasteiger partial charge is 0.397 e. The van der Waals surface area contributed by atoms with Gasteiger partial charge in [0.15, 0.2) is 0 Å². The van der Waals surface area contributed by atoms with Gasteiger partial charge in [0.05, 0.1) is 44.4 Å².